The van der Waals surface area contributed by atoms with Gasteiger partial charge >= 0.3 is 0 Å². The van der Waals surface area contributed by atoms with Crippen molar-refractivity contribution in [2.75, 3.05) is 7.11 Å². The Labute approximate surface area is 143 Å². The third kappa shape index (κ3) is 1.56. The van der Waals surface area contributed by atoms with Gasteiger partial charge < -0.3 is 14.9 Å². The van der Waals surface area contributed by atoms with E-state index in [1.165, 1.54) is 0 Å². The topological polar surface area (TPSA) is 66.8 Å². The molecule has 0 spiro atoms. The highest BCUT2D eigenvalue weighted by molar-refractivity contribution is 9.10. The smallest absolute Gasteiger partial charge is 0.156 e. The van der Waals surface area contributed by atoms with Gasteiger partial charge in [0, 0.05) is 25.4 Å². The fraction of sp³-hybridized carbons (Fsp3) is 0.722. The Morgan fingerprint density at radius 2 is 1.96 bits per heavy atom. The fourth-order valence-corrected chi connectivity index (χ4v) is 7.58. The Balaban J connectivity index is 1.69. The van der Waals surface area contributed by atoms with Crippen molar-refractivity contribution >= 4 is 21.7 Å². The number of hydrogen-bond acceptors (Lipinski definition) is 4. The predicted molar refractivity (Wildman–Crippen MR) is 86.9 cm³/mol. The van der Waals surface area contributed by atoms with Crippen LogP contribution in [0.1, 0.15) is 12.8 Å². The Bertz CT molecular complexity index is 643. The van der Waals surface area contributed by atoms with Crippen LogP contribution in [0.15, 0.2) is 23.8 Å². The molecule has 2 N–H and O–H groups in total. The van der Waals surface area contributed by atoms with Gasteiger partial charge in [0.15, 0.2) is 5.78 Å². The molecule has 0 aromatic heterocycles. The predicted octanol–water partition coefficient (Wildman–Crippen LogP) is 1.45. The minimum absolute atomic E-state index is 0.00273. The Morgan fingerprint density at radius 1 is 1.22 bits per heavy atom. The van der Waals surface area contributed by atoms with Gasteiger partial charge in [0.1, 0.15) is 4.32 Å². The van der Waals surface area contributed by atoms with Crippen LogP contribution in [0.4, 0.5) is 0 Å². The van der Waals surface area contributed by atoms with E-state index in [4.69, 9.17) is 4.74 Å². The zero-order valence-corrected chi connectivity index (χ0v) is 14.5. The lowest BCUT2D eigenvalue weighted by Crippen LogP contribution is -2.54. The average Bonchev–Trinajstić information content (AvgIpc) is 3.23. The van der Waals surface area contributed by atoms with Crippen LogP contribution in [0.2, 0.25) is 0 Å². The summed E-state index contributed by atoms with van der Waals surface area (Å²) in [5.74, 6) is 1.13. The van der Waals surface area contributed by atoms with Crippen molar-refractivity contribution in [3.63, 3.8) is 0 Å². The molecule has 5 rings (SSSR count). The summed E-state index contributed by atoms with van der Waals surface area (Å²) < 4.78 is 4.90. The summed E-state index contributed by atoms with van der Waals surface area (Å²) in [6.07, 6.45) is 6.20. The SMILES string of the molecule is CO[C@H]1C=C2[C@H]([C@H]3[C@H]4[C@@H](C(=O)[C@]31Br)[C@H]1C=C[C@@H]4C1)[C@H](O)C[C@@H]2O. The number of Topliss-reactive ketones (excluding diaryl/α,β-unsaturated/α-hetero) is 1. The maximum absolute atomic E-state index is 13.3. The average molecular weight is 381 g/mol. The van der Waals surface area contributed by atoms with Crippen LogP contribution in [0, 0.1) is 35.5 Å². The first-order valence-corrected chi connectivity index (χ1v) is 9.29. The maximum Gasteiger partial charge on any atom is 0.156 e. The molecule has 23 heavy (non-hydrogen) atoms. The summed E-state index contributed by atoms with van der Waals surface area (Å²) in [5.41, 5.74) is 0.879. The Kier molecular flexibility index (Phi) is 2.94. The van der Waals surface area contributed by atoms with Gasteiger partial charge in [-0.25, -0.2) is 0 Å². The lowest BCUT2D eigenvalue weighted by Gasteiger charge is -2.45. The molecule has 3 saturated carbocycles. The maximum atomic E-state index is 13.3. The second-order valence-corrected chi connectivity index (χ2v) is 9.19. The van der Waals surface area contributed by atoms with Gasteiger partial charge in [0.2, 0.25) is 0 Å². The molecule has 3 fully saturated rings. The third-order valence-corrected chi connectivity index (χ3v) is 8.52. The van der Waals surface area contributed by atoms with Gasteiger partial charge in [-0.05, 0) is 35.7 Å². The highest BCUT2D eigenvalue weighted by Crippen LogP contribution is 2.67. The molecule has 0 saturated heterocycles. The molecule has 0 amide bonds. The quantitative estimate of drug-likeness (QED) is 0.533. The molecule has 0 aromatic carbocycles. The van der Waals surface area contributed by atoms with Crippen molar-refractivity contribution in [1.29, 1.82) is 0 Å². The minimum atomic E-state index is -0.765. The van der Waals surface area contributed by atoms with E-state index in [-0.39, 0.29) is 35.6 Å². The molecule has 0 heterocycles. The van der Waals surface area contributed by atoms with Crippen molar-refractivity contribution in [2.24, 2.45) is 35.5 Å². The summed E-state index contributed by atoms with van der Waals surface area (Å²) in [6, 6.07) is 0. The number of alkyl halides is 1. The molecule has 124 valence electrons. The first-order valence-electron chi connectivity index (χ1n) is 8.50. The van der Waals surface area contributed by atoms with Crippen molar-refractivity contribution in [2.45, 2.75) is 35.5 Å². The molecule has 0 aliphatic heterocycles. The lowest BCUT2D eigenvalue weighted by atomic mass is 9.66. The number of aliphatic hydroxyl groups excluding tert-OH is 2. The van der Waals surface area contributed by atoms with E-state index in [1.807, 2.05) is 6.08 Å². The van der Waals surface area contributed by atoms with E-state index in [1.54, 1.807) is 7.11 Å². The Hall–Kier alpha value is -0.490. The number of aliphatic hydroxyl groups is 2. The molecule has 2 bridgehead atoms. The number of hydrogen-bond donors (Lipinski definition) is 2. The number of ketones is 1. The number of fused-ring (bicyclic) bond motifs is 9. The van der Waals surface area contributed by atoms with Gasteiger partial charge in [0.05, 0.1) is 18.3 Å². The van der Waals surface area contributed by atoms with Gasteiger partial charge in [-0.15, -0.1) is 0 Å². The molecule has 0 unspecified atom stereocenters. The monoisotopic (exact) mass is 380 g/mol. The first kappa shape index (κ1) is 14.8. The molecule has 5 aliphatic rings. The van der Waals surface area contributed by atoms with E-state index in [9.17, 15) is 15.0 Å². The molecular weight excluding hydrogens is 360 g/mol. The Morgan fingerprint density at radius 3 is 2.70 bits per heavy atom. The van der Waals surface area contributed by atoms with E-state index < -0.39 is 16.5 Å². The fourth-order valence-electron chi connectivity index (χ4n) is 6.41. The summed E-state index contributed by atoms with van der Waals surface area (Å²) in [5, 5.41) is 21.0. The van der Waals surface area contributed by atoms with Crippen molar-refractivity contribution in [3.05, 3.63) is 23.8 Å². The molecule has 4 nitrogen and oxygen atoms in total. The first-order chi connectivity index (χ1) is 11.0. The van der Waals surface area contributed by atoms with Crippen LogP contribution >= 0.6 is 15.9 Å². The number of carbonyl (C=O) groups excluding carboxylic acids is 1. The zero-order chi connectivity index (χ0) is 16.1. The highest BCUT2D eigenvalue weighted by Gasteiger charge is 2.72. The van der Waals surface area contributed by atoms with E-state index >= 15 is 0 Å². The third-order valence-electron chi connectivity index (χ3n) is 7.15. The van der Waals surface area contributed by atoms with Crippen molar-refractivity contribution in [1.82, 2.24) is 0 Å². The van der Waals surface area contributed by atoms with Crippen LogP contribution < -0.4 is 0 Å². The van der Waals surface area contributed by atoms with Gasteiger partial charge in [-0.2, -0.15) is 0 Å². The van der Waals surface area contributed by atoms with Crippen LogP contribution in [0.3, 0.4) is 0 Å². The summed E-state index contributed by atoms with van der Waals surface area (Å²) >= 11 is 3.80. The standard InChI is InChI=1S/C18H21BrO4/c1-23-12-5-9-10(20)6-11(21)15(9)16-13-7-2-3-8(4-7)14(13)17(22)18(12,16)19/h2-3,5,7-8,10-16,20-21H,4,6H2,1H3/t7-,8+,10+,11-,12+,13-,14+,15+,16-,18-/m1/s1. The van der Waals surface area contributed by atoms with Crippen LogP contribution in [0.5, 0.6) is 0 Å². The molecule has 0 radical (unpaired) electrons. The molecule has 5 aliphatic carbocycles. The number of halogens is 1. The van der Waals surface area contributed by atoms with Crippen LogP contribution in [-0.2, 0) is 9.53 Å². The van der Waals surface area contributed by atoms with E-state index in [0.717, 1.165) is 12.0 Å². The summed E-state index contributed by atoms with van der Waals surface area (Å²) in [6.45, 7) is 0. The number of carbonyl (C=O) groups is 1. The largest absolute Gasteiger partial charge is 0.392 e. The second kappa shape index (κ2) is 4.57. The zero-order valence-electron chi connectivity index (χ0n) is 12.9. The number of ether oxygens (including phenoxy) is 1. The number of allylic oxidation sites excluding steroid dienone is 2. The van der Waals surface area contributed by atoms with Gasteiger partial charge in [0.25, 0.3) is 0 Å². The molecular formula is C18H21BrO4. The van der Waals surface area contributed by atoms with Gasteiger partial charge in [-0.3, -0.25) is 4.79 Å². The summed E-state index contributed by atoms with van der Waals surface area (Å²) in [4.78, 5) is 13.3. The number of rotatable bonds is 1. The van der Waals surface area contributed by atoms with E-state index in [2.05, 4.69) is 28.1 Å². The molecule has 0 aromatic rings. The van der Waals surface area contributed by atoms with E-state index in [0.29, 0.717) is 18.3 Å². The lowest BCUT2D eigenvalue weighted by molar-refractivity contribution is -0.126. The molecule has 10 atom stereocenters. The normalized spacial score (nSPS) is 59.0. The summed E-state index contributed by atoms with van der Waals surface area (Å²) in [7, 11) is 1.62. The van der Waals surface area contributed by atoms with Crippen LogP contribution in [0.25, 0.3) is 0 Å². The molecule has 5 heteroatoms. The minimum Gasteiger partial charge on any atom is -0.392 e. The van der Waals surface area contributed by atoms with Crippen molar-refractivity contribution < 1.29 is 19.7 Å². The van der Waals surface area contributed by atoms with Crippen LogP contribution in [-0.4, -0.2) is 45.7 Å². The second-order valence-electron chi connectivity index (χ2n) is 7.88. The van der Waals surface area contributed by atoms with Gasteiger partial charge in [-0.1, -0.05) is 34.2 Å². The number of methoxy groups -OCH3 is 1. The van der Waals surface area contributed by atoms with Crippen molar-refractivity contribution in [3.8, 4) is 0 Å². The highest BCUT2D eigenvalue weighted by atomic mass is 79.9.